The topological polar surface area (TPSA) is 17.1 Å². The summed E-state index contributed by atoms with van der Waals surface area (Å²) in [5.74, 6) is 0.286. The largest absolute Gasteiger partial charge is 0.294 e. The molecule has 1 fully saturated rings. The summed E-state index contributed by atoms with van der Waals surface area (Å²) in [5, 5.41) is 0.678. The number of benzene rings is 1. The fourth-order valence-corrected chi connectivity index (χ4v) is 3.38. The highest BCUT2D eigenvalue weighted by atomic mass is 35.5. The van der Waals surface area contributed by atoms with Gasteiger partial charge in [-0.25, -0.2) is 0 Å². The molecule has 1 nitrogen and oxygen atoms in total. The minimum absolute atomic E-state index is 0.178. The highest BCUT2D eigenvalue weighted by molar-refractivity contribution is 6.31. The molecule has 0 unspecified atom stereocenters. The van der Waals surface area contributed by atoms with Gasteiger partial charge in [0.15, 0.2) is 5.78 Å². The first-order valence-electron chi connectivity index (χ1n) is 5.55. The van der Waals surface area contributed by atoms with Crippen LogP contribution in [0.4, 0.5) is 0 Å². The van der Waals surface area contributed by atoms with Gasteiger partial charge in [-0.1, -0.05) is 30.5 Å². The smallest absolute Gasteiger partial charge is 0.164 e. The minimum atomic E-state index is 0.178. The van der Waals surface area contributed by atoms with Crippen molar-refractivity contribution >= 4 is 17.4 Å². The summed E-state index contributed by atoms with van der Waals surface area (Å²) in [5.41, 5.74) is 2.32. The summed E-state index contributed by atoms with van der Waals surface area (Å²) in [4.78, 5) is 11.9. The van der Waals surface area contributed by atoms with E-state index in [0.717, 1.165) is 5.56 Å². The number of hydrogen-bond acceptors (Lipinski definition) is 1. The number of carbonyl (C=O) groups is 1. The van der Waals surface area contributed by atoms with Gasteiger partial charge in [-0.3, -0.25) is 4.79 Å². The second-order valence-corrected chi connectivity index (χ2v) is 5.21. The van der Waals surface area contributed by atoms with E-state index in [-0.39, 0.29) is 11.2 Å². The van der Waals surface area contributed by atoms with E-state index in [9.17, 15) is 4.79 Å². The van der Waals surface area contributed by atoms with Crippen LogP contribution in [-0.4, -0.2) is 5.78 Å². The van der Waals surface area contributed by atoms with Gasteiger partial charge >= 0.3 is 0 Å². The van der Waals surface area contributed by atoms with Gasteiger partial charge < -0.3 is 0 Å². The predicted octanol–water partition coefficient (Wildman–Crippen LogP) is 3.74. The van der Waals surface area contributed by atoms with Gasteiger partial charge in [0.2, 0.25) is 0 Å². The molecule has 0 aromatic heterocycles. The summed E-state index contributed by atoms with van der Waals surface area (Å²) < 4.78 is 0. The van der Waals surface area contributed by atoms with E-state index in [1.165, 1.54) is 31.2 Å². The first-order valence-corrected chi connectivity index (χ1v) is 5.92. The lowest BCUT2D eigenvalue weighted by atomic mass is 9.80. The molecule has 0 amide bonds. The Morgan fingerprint density at radius 3 is 2.67 bits per heavy atom. The second-order valence-electron chi connectivity index (χ2n) is 4.78. The Labute approximate surface area is 94.4 Å². The van der Waals surface area contributed by atoms with Crippen LogP contribution in [0.25, 0.3) is 0 Å². The molecular weight excluding hydrogens is 208 g/mol. The van der Waals surface area contributed by atoms with E-state index in [2.05, 4.69) is 6.07 Å². The number of rotatable bonds is 0. The Morgan fingerprint density at radius 2 is 1.93 bits per heavy atom. The molecule has 2 aliphatic rings. The molecule has 1 saturated carbocycles. The van der Waals surface area contributed by atoms with Crippen LogP contribution in [0, 0.1) is 0 Å². The van der Waals surface area contributed by atoms with Gasteiger partial charge in [0, 0.05) is 22.4 Å². The van der Waals surface area contributed by atoms with E-state index < -0.39 is 0 Å². The number of ketones is 1. The van der Waals surface area contributed by atoms with Crippen molar-refractivity contribution < 1.29 is 4.79 Å². The van der Waals surface area contributed by atoms with E-state index in [1.807, 2.05) is 12.1 Å². The Kier molecular flexibility index (Phi) is 1.93. The fourth-order valence-electron chi connectivity index (χ4n) is 3.21. The molecule has 2 heteroatoms. The molecule has 1 aromatic rings. The lowest BCUT2D eigenvalue weighted by Gasteiger charge is -2.22. The van der Waals surface area contributed by atoms with Crippen molar-refractivity contribution in [3.05, 3.63) is 34.3 Å². The van der Waals surface area contributed by atoms with E-state index >= 15 is 0 Å². The fraction of sp³-hybridized carbons (Fsp3) is 0.462. The molecule has 0 bridgehead atoms. The standard InChI is InChI=1S/C13H13ClO/c14-9-3-4-11-10(7-9)12(15)8-13(11)5-1-2-6-13/h3-4,7H,1-2,5-6,8H2. The van der Waals surface area contributed by atoms with E-state index in [4.69, 9.17) is 11.6 Å². The highest BCUT2D eigenvalue weighted by Gasteiger charge is 2.44. The normalized spacial score (nSPS) is 22.3. The minimum Gasteiger partial charge on any atom is -0.294 e. The molecule has 1 spiro atoms. The van der Waals surface area contributed by atoms with Crippen LogP contribution in [-0.2, 0) is 5.41 Å². The zero-order valence-corrected chi connectivity index (χ0v) is 9.31. The van der Waals surface area contributed by atoms with Crippen LogP contribution in [0.3, 0.4) is 0 Å². The van der Waals surface area contributed by atoms with Gasteiger partial charge in [0.25, 0.3) is 0 Å². The van der Waals surface area contributed by atoms with Crippen molar-refractivity contribution in [1.82, 2.24) is 0 Å². The third kappa shape index (κ3) is 1.26. The third-order valence-electron chi connectivity index (χ3n) is 3.91. The van der Waals surface area contributed by atoms with Crippen molar-refractivity contribution in [1.29, 1.82) is 0 Å². The van der Waals surface area contributed by atoms with Crippen molar-refractivity contribution in [3.63, 3.8) is 0 Å². The quantitative estimate of drug-likeness (QED) is 0.651. The molecule has 0 aliphatic heterocycles. The molecule has 0 N–H and O–H groups in total. The van der Waals surface area contributed by atoms with Gasteiger partial charge in [0.05, 0.1) is 0 Å². The third-order valence-corrected chi connectivity index (χ3v) is 4.15. The number of hydrogen-bond donors (Lipinski definition) is 0. The number of carbonyl (C=O) groups excluding carboxylic acids is 1. The zero-order valence-electron chi connectivity index (χ0n) is 8.55. The molecule has 15 heavy (non-hydrogen) atoms. The summed E-state index contributed by atoms with van der Waals surface area (Å²) in [7, 11) is 0. The van der Waals surface area contributed by atoms with Crippen molar-refractivity contribution in [3.8, 4) is 0 Å². The maximum Gasteiger partial charge on any atom is 0.164 e. The molecular formula is C13H13ClO. The molecule has 78 valence electrons. The molecule has 1 aromatic carbocycles. The highest BCUT2D eigenvalue weighted by Crippen LogP contribution is 2.50. The SMILES string of the molecule is O=C1CC2(CCCC2)c2ccc(Cl)cc21. The lowest BCUT2D eigenvalue weighted by molar-refractivity contribution is 0.0974. The van der Waals surface area contributed by atoms with E-state index in [0.29, 0.717) is 11.4 Å². The van der Waals surface area contributed by atoms with Crippen molar-refractivity contribution in [2.45, 2.75) is 37.5 Å². The summed E-state index contributed by atoms with van der Waals surface area (Å²) in [6.45, 7) is 0. The summed E-state index contributed by atoms with van der Waals surface area (Å²) >= 11 is 5.93. The molecule has 0 atom stereocenters. The Morgan fingerprint density at radius 1 is 1.20 bits per heavy atom. The van der Waals surface area contributed by atoms with E-state index in [1.54, 1.807) is 0 Å². The van der Waals surface area contributed by atoms with Gasteiger partial charge in [-0.15, -0.1) is 0 Å². The lowest BCUT2D eigenvalue weighted by Crippen LogP contribution is -2.18. The van der Waals surface area contributed by atoms with Gasteiger partial charge in [-0.05, 0) is 30.5 Å². The van der Waals surface area contributed by atoms with Gasteiger partial charge in [-0.2, -0.15) is 0 Å². The summed E-state index contributed by atoms with van der Waals surface area (Å²) in [6.07, 6.45) is 5.58. The Bertz CT molecular complexity index is 430. The average Bonchev–Trinajstić information content (AvgIpc) is 2.76. The van der Waals surface area contributed by atoms with Crippen LogP contribution in [0.1, 0.15) is 48.0 Å². The second kappa shape index (κ2) is 3.08. The van der Waals surface area contributed by atoms with Crippen LogP contribution in [0.5, 0.6) is 0 Å². The maximum absolute atomic E-state index is 11.9. The molecule has 0 heterocycles. The molecule has 3 rings (SSSR count). The summed E-state index contributed by atoms with van der Waals surface area (Å²) in [6, 6.07) is 5.82. The predicted molar refractivity (Wildman–Crippen MR) is 60.5 cm³/mol. The first-order chi connectivity index (χ1) is 7.21. The zero-order chi connectivity index (χ0) is 10.5. The Balaban J connectivity index is 2.17. The Hall–Kier alpha value is -0.820. The number of fused-ring (bicyclic) bond motifs is 2. The number of halogens is 1. The van der Waals surface area contributed by atoms with Crippen LogP contribution in [0.2, 0.25) is 5.02 Å². The monoisotopic (exact) mass is 220 g/mol. The van der Waals surface area contributed by atoms with Crippen LogP contribution >= 0.6 is 11.6 Å². The maximum atomic E-state index is 11.9. The average molecular weight is 221 g/mol. The number of Topliss-reactive ketones (excluding diaryl/α,β-unsaturated/α-hetero) is 1. The molecule has 0 saturated heterocycles. The molecule has 2 aliphatic carbocycles. The van der Waals surface area contributed by atoms with Crippen LogP contribution in [0.15, 0.2) is 18.2 Å². The first kappa shape index (κ1) is 9.41. The molecule has 0 radical (unpaired) electrons. The van der Waals surface area contributed by atoms with Crippen LogP contribution < -0.4 is 0 Å². The van der Waals surface area contributed by atoms with Gasteiger partial charge in [0.1, 0.15) is 0 Å². The van der Waals surface area contributed by atoms with Crippen molar-refractivity contribution in [2.24, 2.45) is 0 Å². The van der Waals surface area contributed by atoms with Crippen molar-refractivity contribution in [2.75, 3.05) is 0 Å².